The molecule has 1 aliphatic rings. The first-order chi connectivity index (χ1) is 13.7. The normalized spacial score (nSPS) is 28.0. The molecule has 0 aliphatic carbocycles. The second-order valence-corrected chi connectivity index (χ2v) is 8.07. The van der Waals surface area contributed by atoms with E-state index in [4.69, 9.17) is 36.3 Å². The van der Waals surface area contributed by atoms with Crippen LogP contribution in [0.4, 0.5) is 0 Å². The first kappa shape index (κ1) is 26.2. The van der Waals surface area contributed by atoms with Crippen molar-refractivity contribution in [3.05, 3.63) is 0 Å². The zero-order chi connectivity index (χ0) is 20.6. The van der Waals surface area contributed by atoms with E-state index < -0.39 is 0 Å². The van der Waals surface area contributed by atoms with Gasteiger partial charge in [0.05, 0.1) is 6.61 Å². The van der Waals surface area contributed by atoms with Gasteiger partial charge in [0, 0.05) is 26.4 Å². The van der Waals surface area contributed by atoms with Gasteiger partial charge in [-0.15, -0.1) is 12.6 Å². The Hall–Kier alpha value is 0.150. The Morgan fingerprint density at radius 3 is 1.64 bits per heavy atom. The zero-order valence-electron chi connectivity index (χ0n) is 18.6. The van der Waals surface area contributed by atoms with E-state index >= 15 is 0 Å². The first-order valence-electron chi connectivity index (χ1n) is 11.5. The molecule has 6 heteroatoms. The lowest BCUT2D eigenvalue weighted by molar-refractivity contribution is -0.247. The average molecular weight is 421 g/mol. The molecule has 5 atom stereocenters. The minimum atomic E-state index is -0.339. The molecule has 0 radical (unpaired) electrons. The van der Waals surface area contributed by atoms with Gasteiger partial charge in [-0.3, -0.25) is 0 Å². The van der Waals surface area contributed by atoms with Crippen molar-refractivity contribution in [1.82, 2.24) is 0 Å². The third kappa shape index (κ3) is 9.77. The number of hydrogen-bond donors (Lipinski definition) is 1. The average Bonchev–Trinajstić information content (AvgIpc) is 2.69. The van der Waals surface area contributed by atoms with Gasteiger partial charge in [0.15, 0.2) is 0 Å². The van der Waals surface area contributed by atoms with E-state index in [2.05, 4.69) is 27.7 Å². The lowest BCUT2D eigenvalue weighted by Gasteiger charge is -2.45. The summed E-state index contributed by atoms with van der Waals surface area (Å²) in [5, 5.41) is 0. The van der Waals surface area contributed by atoms with Crippen LogP contribution < -0.4 is 0 Å². The van der Waals surface area contributed by atoms with Crippen molar-refractivity contribution in [2.75, 3.05) is 33.0 Å². The second kappa shape index (κ2) is 16.9. The van der Waals surface area contributed by atoms with Gasteiger partial charge < -0.3 is 23.7 Å². The third-order valence-corrected chi connectivity index (χ3v) is 5.37. The fraction of sp³-hybridized carbons (Fsp3) is 1.00. The summed E-state index contributed by atoms with van der Waals surface area (Å²) in [6.45, 7) is 12.0. The molecule has 1 saturated heterocycles. The van der Waals surface area contributed by atoms with Crippen molar-refractivity contribution in [3.8, 4) is 0 Å². The van der Waals surface area contributed by atoms with Crippen molar-refractivity contribution in [2.45, 2.75) is 109 Å². The van der Waals surface area contributed by atoms with Crippen LogP contribution in [0.5, 0.6) is 0 Å². The van der Waals surface area contributed by atoms with Gasteiger partial charge in [-0.2, -0.15) is 0 Å². The van der Waals surface area contributed by atoms with Gasteiger partial charge in [0.25, 0.3) is 0 Å². The molecule has 28 heavy (non-hydrogen) atoms. The molecular formula is C22H44O5S. The number of ether oxygens (including phenoxy) is 5. The summed E-state index contributed by atoms with van der Waals surface area (Å²) in [4.78, 5) is 0. The maximum absolute atomic E-state index is 6.30. The SMILES string of the molecule is CCCCOCC1OC(S)C(OCCCC)C(OCCCC)C1OCCCC. The van der Waals surface area contributed by atoms with E-state index in [1.165, 1.54) is 0 Å². The molecule has 1 rings (SSSR count). The van der Waals surface area contributed by atoms with Gasteiger partial charge in [-0.25, -0.2) is 0 Å². The maximum Gasteiger partial charge on any atom is 0.129 e. The summed E-state index contributed by atoms with van der Waals surface area (Å²) in [5.74, 6) is 0. The Morgan fingerprint density at radius 2 is 1.11 bits per heavy atom. The molecule has 1 fully saturated rings. The second-order valence-electron chi connectivity index (χ2n) is 7.56. The molecule has 0 aromatic carbocycles. The zero-order valence-corrected chi connectivity index (χ0v) is 19.5. The molecule has 5 unspecified atom stereocenters. The van der Waals surface area contributed by atoms with Crippen LogP contribution in [0, 0.1) is 0 Å². The number of thiol groups is 1. The highest BCUT2D eigenvalue weighted by molar-refractivity contribution is 7.80. The smallest absolute Gasteiger partial charge is 0.129 e. The molecular weight excluding hydrogens is 376 g/mol. The lowest BCUT2D eigenvalue weighted by Crippen LogP contribution is -2.60. The summed E-state index contributed by atoms with van der Waals surface area (Å²) in [5.41, 5.74) is -0.339. The van der Waals surface area contributed by atoms with Crippen LogP contribution in [0.1, 0.15) is 79.1 Å². The van der Waals surface area contributed by atoms with Crippen LogP contribution in [-0.2, 0) is 23.7 Å². The van der Waals surface area contributed by atoms with Gasteiger partial charge >= 0.3 is 0 Å². The summed E-state index contributed by atoms with van der Waals surface area (Å²) in [6, 6.07) is 0. The number of unbranched alkanes of at least 4 members (excludes halogenated alkanes) is 4. The molecule has 0 aromatic heterocycles. The van der Waals surface area contributed by atoms with Gasteiger partial charge in [0.1, 0.15) is 29.9 Å². The Labute approximate surface area is 178 Å². The molecule has 0 N–H and O–H groups in total. The lowest BCUT2D eigenvalue weighted by atomic mass is 9.99. The minimum Gasteiger partial charge on any atom is -0.379 e. The Bertz CT molecular complexity index is 358. The van der Waals surface area contributed by atoms with E-state index in [9.17, 15) is 0 Å². The molecule has 0 saturated carbocycles. The highest BCUT2D eigenvalue weighted by atomic mass is 32.1. The van der Waals surface area contributed by atoms with Crippen molar-refractivity contribution >= 4 is 12.6 Å². The molecule has 0 spiro atoms. The van der Waals surface area contributed by atoms with E-state index in [1.54, 1.807) is 0 Å². The summed E-state index contributed by atoms with van der Waals surface area (Å²) >= 11 is 4.70. The monoisotopic (exact) mass is 420 g/mol. The highest BCUT2D eigenvalue weighted by Gasteiger charge is 2.47. The Kier molecular flexibility index (Phi) is 15.8. The van der Waals surface area contributed by atoms with E-state index in [1.807, 2.05) is 0 Å². The highest BCUT2D eigenvalue weighted by Crippen LogP contribution is 2.30. The van der Waals surface area contributed by atoms with E-state index in [0.717, 1.165) is 58.0 Å². The van der Waals surface area contributed by atoms with Crippen LogP contribution in [-0.4, -0.2) is 62.9 Å². The fourth-order valence-corrected chi connectivity index (χ4v) is 3.55. The molecule has 0 amide bonds. The number of rotatable bonds is 17. The Balaban J connectivity index is 2.84. The van der Waals surface area contributed by atoms with Crippen LogP contribution in [0.3, 0.4) is 0 Å². The van der Waals surface area contributed by atoms with Crippen molar-refractivity contribution in [3.63, 3.8) is 0 Å². The largest absolute Gasteiger partial charge is 0.379 e. The predicted molar refractivity (Wildman–Crippen MR) is 117 cm³/mol. The third-order valence-electron chi connectivity index (χ3n) is 4.96. The van der Waals surface area contributed by atoms with Crippen LogP contribution in [0.15, 0.2) is 0 Å². The molecule has 168 valence electrons. The van der Waals surface area contributed by atoms with Crippen molar-refractivity contribution < 1.29 is 23.7 Å². The molecule has 0 bridgehead atoms. The van der Waals surface area contributed by atoms with Gasteiger partial charge in [-0.05, 0) is 25.7 Å². The molecule has 1 heterocycles. The standard InChI is InChI=1S/C22H44O5S/c1-5-9-13-23-17-18-19(24-14-10-6-2)20(25-15-11-7-3)21(22(28)27-18)26-16-12-8-4/h18-22,28H,5-17H2,1-4H3. The first-order valence-corrected chi connectivity index (χ1v) is 12.0. The summed E-state index contributed by atoms with van der Waals surface area (Å²) in [6.07, 6.45) is 7.72. The summed E-state index contributed by atoms with van der Waals surface area (Å²) in [7, 11) is 0. The number of hydrogen-bond acceptors (Lipinski definition) is 6. The van der Waals surface area contributed by atoms with Gasteiger partial charge in [-0.1, -0.05) is 53.4 Å². The maximum atomic E-state index is 6.30. The van der Waals surface area contributed by atoms with Crippen molar-refractivity contribution in [1.29, 1.82) is 0 Å². The topological polar surface area (TPSA) is 46.2 Å². The molecule has 5 nitrogen and oxygen atoms in total. The predicted octanol–water partition coefficient (Wildman–Crippen LogP) is 5.01. The summed E-state index contributed by atoms with van der Waals surface area (Å²) < 4.78 is 30.8. The van der Waals surface area contributed by atoms with E-state index in [-0.39, 0.29) is 29.9 Å². The quantitative estimate of drug-likeness (QED) is 0.265. The van der Waals surface area contributed by atoms with Gasteiger partial charge in [0.2, 0.25) is 0 Å². The van der Waals surface area contributed by atoms with Crippen LogP contribution in [0.2, 0.25) is 0 Å². The van der Waals surface area contributed by atoms with E-state index in [0.29, 0.717) is 26.4 Å². The fourth-order valence-electron chi connectivity index (χ4n) is 3.13. The van der Waals surface area contributed by atoms with Crippen molar-refractivity contribution in [2.24, 2.45) is 0 Å². The van der Waals surface area contributed by atoms with Crippen LogP contribution >= 0.6 is 12.6 Å². The molecule has 1 aliphatic heterocycles. The van der Waals surface area contributed by atoms with Crippen LogP contribution in [0.25, 0.3) is 0 Å². The Morgan fingerprint density at radius 1 is 0.643 bits per heavy atom. The minimum absolute atomic E-state index is 0.184. The molecule has 0 aromatic rings.